The molecule has 1 saturated heterocycles. The molecule has 1 aliphatic rings. The van der Waals surface area contributed by atoms with Gasteiger partial charge >= 0.3 is 0 Å². The zero-order chi connectivity index (χ0) is 13.3. The standard InChI is InChI=1S/C14H21N3OS/c18-14(17-9-3-6-15-8-10-17)5-11-19-12-13-4-1-2-7-16-13/h1-2,4,7,15H,3,5-6,8-12H2. The van der Waals surface area contributed by atoms with Crippen LogP contribution in [0.3, 0.4) is 0 Å². The summed E-state index contributed by atoms with van der Waals surface area (Å²) in [6.45, 7) is 3.70. The third kappa shape index (κ3) is 5.20. The fourth-order valence-electron chi connectivity index (χ4n) is 2.07. The SMILES string of the molecule is O=C(CCSCc1ccccn1)N1CCCNCC1. The summed E-state index contributed by atoms with van der Waals surface area (Å²) in [7, 11) is 0. The van der Waals surface area contributed by atoms with Gasteiger partial charge in [0, 0.05) is 43.8 Å². The lowest BCUT2D eigenvalue weighted by molar-refractivity contribution is -0.130. The molecule has 1 fully saturated rings. The van der Waals surface area contributed by atoms with E-state index < -0.39 is 0 Å². The highest BCUT2D eigenvalue weighted by molar-refractivity contribution is 7.98. The number of nitrogens with one attached hydrogen (secondary N) is 1. The van der Waals surface area contributed by atoms with Crippen molar-refractivity contribution in [3.05, 3.63) is 30.1 Å². The Kier molecular flexibility index (Phi) is 6.17. The van der Waals surface area contributed by atoms with Gasteiger partial charge in [-0.25, -0.2) is 0 Å². The van der Waals surface area contributed by atoms with Gasteiger partial charge in [0.05, 0.1) is 5.69 Å². The lowest BCUT2D eigenvalue weighted by Gasteiger charge is -2.19. The first kappa shape index (κ1) is 14.3. The number of hydrogen-bond donors (Lipinski definition) is 1. The molecule has 0 spiro atoms. The molecule has 0 aromatic carbocycles. The summed E-state index contributed by atoms with van der Waals surface area (Å²) in [5, 5.41) is 3.31. The zero-order valence-corrected chi connectivity index (χ0v) is 12.0. The number of aromatic nitrogens is 1. The summed E-state index contributed by atoms with van der Waals surface area (Å²) >= 11 is 1.78. The van der Waals surface area contributed by atoms with Crippen molar-refractivity contribution >= 4 is 17.7 Å². The fraction of sp³-hybridized carbons (Fsp3) is 0.571. The monoisotopic (exact) mass is 279 g/mol. The lowest BCUT2D eigenvalue weighted by Crippen LogP contribution is -2.34. The number of carbonyl (C=O) groups is 1. The molecule has 0 atom stereocenters. The van der Waals surface area contributed by atoms with Crippen LogP contribution in [0, 0.1) is 0 Å². The molecule has 0 unspecified atom stereocenters. The van der Waals surface area contributed by atoms with Crippen LogP contribution in [0.25, 0.3) is 0 Å². The average molecular weight is 279 g/mol. The molecule has 19 heavy (non-hydrogen) atoms. The minimum absolute atomic E-state index is 0.289. The number of carbonyl (C=O) groups excluding carboxylic acids is 1. The maximum absolute atomic E-state index is 12.0. The maximum atomic E-state index is 12.0. The average Bonchev–Trinajstić information content (AvgIpc) is 2.73. The third-order valence-corrected chi connectivity index (χ3v) is 4.12. The summed E-state index contributed by atoms with van der Waals surface area (Å²) in [4.78, 5) is 18.3. The van der Waals surface area contributed by atoms with E-state index in [1.807, 2.05) is 29.3 Å². The third-order valence-electron chi connectivity index (χ3n) is 3.13. The molecule has 1 N–H and O–H groups in total. The first-order valence-corrected chi connectivity index (χ1v) is 7.98. The molecule has 2 heterocycles. The molecule has 0 radical (unpaired) electrons. The van der Waals surface area contributed by atoms with E-state index in [1.165, 1.54) is 0 Å². The second-order valence-electron chi connectivity index (χ2n) is 4.61. The molecule has 0 aliphatic carbocycles. The minimum atomic E-state index is 0.289. The molecule has 4 nitrogen and oxygen atoms in total. The van der Waals surface area contributed by atoms with Crippen molar-refractivity contribution in [3.63, 3.8) is 0 Å². The Morgan fingerprint density at radius 3 is 3.16 bits per heavy atom. The lowest BCUT2D eigenvalue weighted by atomic mass is 10.3. The number of nitrogens with zero attached hydrogens (tertiary/aromatic N) is 2. The summed E-state index contributed by atoms with van der Waals surface area (Å²) in [5.74, 6) is 2.05. The van der Waals surface area contributed by atoms with E-state index in [0.29, 0.717) is 6.42 Å². The number of rotatable bonds is 5. The van der Waals surface area contributed by atoms with Crippen LogP contribution >= 0.6 is 11.8 Å². The van der Waals surface area contributed by atoms with Crippen LogP contribution in [0.1, 0.15) is 18.5 Å². The molecule has 1 aliphatic heterocycles. The van der Waals surface area contributed by atoms with Gasteiger partial charge in [-0.2, -0.15) is 11.8 Å². The summed E-state index contributed by atoms with van der Waals surface area (Å²) < 4.78 is 0. The van der Waals surface area contributed by atoms with E-state index in [9.17, 15) is 4.79 Å². The molecular formula is C14H21N3OS. The number of amides is 1. The van der Waals surface area contributed by atoms with Crippen LogP contribution in [0.5, 0.6) is 0 Å². The van der Waals surface area contributed by atoms with Crippen molar-refractivity contribution in [2.24, 2.45) is 0 Å². The van der Waals surface area contributed by atoms with Crippen molar-refractivity contribution in [2.45, 2.75) is 18.6 Å². The van der Waals surface area contributed by atoms with Crippen molar-refractivity contribution in [2.75, 3.05) is 31.9 Å². The largest absolute Gasteiger partial charge is 0.341 e. The van der Waals surface area contributed by atoms with Gasteiger partial charge in [-0.15, -0.1) is 0 Å². The highest BCUT2D eigenvalue weighted by Gasteiger charge is 2.14. The molecule has 1 amide bonds. The van der Waals surface area contributed by atoms with Crippen LogP contribution in [0.2, 0.25) is 0 Å². The first-order chi connectivity index (χ1) is 9.36. The molecule has 2 rings (SSSR count). The molecule has 104 valence electrons. The Morgan fingerprint density at radius 1 is 1.37 bits per heavy atom. The van der Waals surface area contributed by atoms with Crippen molar-refractivity contribution in [3.8, 4) is 0 Å². The molecule has 0 bridgehead atoms. The summed E-state index contributed by atoms with van der Waals surface area (Å²) in [5.41, 5.74) is 1.08. The van der Waals surface area contributed by atoms with Gasteiger partial charge in [-0.3, -0.25) is 9.78 Å². The quantitative estimate of drug-likeness (QED) is 0.830. The molecule has 5 heteroatoms. The van der Waals surface area contributed by atoms with Gasteiger partial charge in [0.15, 0.2) is 0 Å². The van der Waals surface area contributed by atoms with Gasteiger partial charge in [0.2, 0.25) is 5.91 Å². The Morgan fingerprint density at radius 2 is 2.32 bits per heavy atom. The Balaban J connectivity index is 1.63. The second-order valence-corrected chi connectivity index (χ2v) is 5.71. The van der Waals surface area contributed by atoms with E-state index in [0.717, 1.165) is 49.8 Å². The summed E-state index contributed by atoms with van der Waals surface area (Å²) in [6, 6.07) is 5.94. The maximum Gasteiger partial charge on any atom is 0.223 e. The van der Waals surface area contributed by atoms with E-state index in [2.05, 4.69) is 10.3 Å². The van der Waals surface area contributed by atoms with Crippen molar-refractivity contribution < 1.29 is 4.79 Å². The van der Waals surface area contributed by atoms with Crippen LogP contribution < -0.4 is 5.32 Å². The fourth-order valence-corrected chi connectivity index (χ4v) is 2.92. The molecular weight excluding hydrogens is 258 g/mol. The molecule has 1 aromatic rings. The van der Waals surface area contributed by atoms with E-state index in [4.69, 9.17) is 0 Å². The van der Waals surface area contributed by atoms with Gasteiger partial charge in [0.1, 0.15) is 0 Å². The van der Waals surface area contributed by atoms with E-state index in [-0.39, 0.29) is 5.91 Å². The normalized spacial score (nSPS) is 16.1. The number of hydrogen-bond acceptors (Lipinski definition) is 4. The minimum Gasteiger partial charge on any atom is -0.341 e. The number of thioether (sulfide) groups is 1. The van der Waals surface area contributed by atoms with Crippen LogP contribution in [-0.2, 0) is 10.5 Å². The van der Waals surface area contributed by atoms with Crippen LogP contribution in [0.15, 0.2) is 24.4 Å². The van der Waals surface area contributed by atoms with Crippen molar-refractivity contribution in [1.29, 1.82) is 0 Å². The summed E-state index contributed by atoms with van der Waals surface area (Å²) in [6.07, 6.45) is 3.51. The van der Waals surface area contributed by atoms with Gasteiger partial charge < -0.3 is 10.2 Å². The van der Waals surface area contributed by atoms with Gasteiger partial charge in [0.25, 0.3) is 0 Å². The molecule has 0 saturated carbocycles. The molecule has 1 aromatic heterocycles. The van der Waals surface area contributed by atoms with Gasteiger partial charge in [-0.05, 0) is 25.1 Å². The van der Waals surface area contributed by atoms with E-state index in [1.54, 1.807) is 11.8 Å². The highest BCUT2D eigenvalue weighted by Crippen LogP contribution is 2.11. The number of pyridine rings is 1. The predicted molar refractivity (Wildman–Crippen MR) is 79.1 cm³/mol. The smallest absolute Gasteiger partial charge is 0.223 e. The highest BCUT2D eigenvalue weighted by atomic mass is 32.2. The predicted octanol–water partition coefficient (Wildman–Crippen LogP) is 1.53. The van der Waals surface area contributed by atoms with Crippen molar-refractivity contribution in [1.82, 2.24) is 15.2 Å². The van der Waals surface area contributed by atoms with Crippen LogP contribution in [0.4, 0.5) is 0 Å². The van der Waals surface area contributed by atoms with Gasteiger partial charge in [-0.1, -0.05) is 6.07 Å². The zero-order valence-electron chi connectivity index (χ0n) is 11.2. The Labute approximate surface area is 119 Å². The Hall–Kier alpha value is -1.07. The van der Waals surface area contributed by atoms with E-state index >= 15 is 0 Å². The second kappa shape index (κ2) is 8.17. The first-order valence-electron chi connectivity index (χ1n) is 6.82. The van der Waals surface area contributed by atoms with Crippen LogP contribution in [-0.4, -0.2) is 47.7 Å². The topological polar surface area (TPSA) is 45.2 Å². The Bertz CT molecular complexity index is 378.